The number of aromatic nitrogens is 3. The summed E-state index contributed by atoms with van der Waals surface area (Å²) >= 11 is 0. The van der Waals surface area contributed by atoms with Crippen LogP contribution in [0, 0.1) is 5.92 Å². The Morgan fingerprint density at radius 2 is 2.12 bits per heavy atom. The number of carbonyl (C=O) groups is 1. The molecule has 1 aromatic heterocycles. The summed E-state index contributed by atoms with van der Waals surface area (Å²) < 4.78 is 7.48. The molecule has 1 aromatic rings. The van der Waals surface area contributed by atoms with Gasteiger partial charge in [0.25, 0.3) is 0 Å². The second kappa shape index (κ2) is 9.43. The molecule has 26 heavy (non-hydrogen) atoms. The number of rotatable bonds is 6. The van der Waals surface area contributed by atoms with Crippen LogP contribution in [-0.4, -0.2) is 70.5 Å². The number of ether oxygens (including phenoxy) is 1. The van der Waals surface area contributed by atoms with E-state index in [4.69, 9.17) is 10.5 Å². The number of carbonyl (C=O) groups excluding carboxylic acids is 1. The zero-order chi connectivity index (χ0) is 18.4. The Hall–Kier alpha value is -1.51. The van der Waals surface area contributed by atoms with Crippen LogP contribution < -0.4 is 11.1 Å². The molecule has 2 saturated heterocycles. The van der Waals surface area contributed by atoms with Crippen molar-refractivity contribution in [3.8, 4) is 0 Å². The predicted octanol–water partition coefficient (Wildman–Crippen LogP) is 0.175. The molecule has 2 atom stereocenters. The average molecular weight is 364 g/mol. The summed E-state index contributed by atoms with van der Waals surface area (Å²) in [7, 11) is 0. The van der Waals surface area contributed by atoms with Crippen molar-refractivity contribution in [2.75, 3.05) is 32.8 Å². The molecule has 2 aliphatic rings. The number of aryl methyl sites for hydroxylation is 1. The minimum Gasteiger partial charge on any atom is -0.381 e. The third kappa shape index (κ3) is 5.02. The van der Waals surface area contributed by atoms with Gasteiger partial charge in [-0.05, 0) is 32.6 Å². The fourth-order valence-electron chi connectivity index (χ4n) is 4.00. The van der Waals surface area contributed by atoms with E-state index >= 15 is 0 Å². The molecule has 0 radical (unpaired) electrons. The van der Waals surface area contributed by atoms with Crippen LogP contribution in [0.4, 0.5) is 0 Å². The first kappa shape index (κ1) is 19.3. The maximum atomic E-state index is 12.7. The molecular formula is C18H32N6O2. The molecule has 146 valence electrons. The molecule has 0 aromatic carbocycles. The maximum Gasteiger partial charge on any atom is 0.224 e. The Kier molecular flexibility index (Phi) is 6.99. The topological polar surface area (TPSA) is 98.3 Å². The van der Waals surface area contributed by atoms with Crippen LogP contribution in [0.25, 0.3) is 0 Å². The number of nitrogens with two attached hydrogens (primary N) is 1. The zero-order valence-electron chi connectivity index (χ0n) is 15.8. The van der Waals surface area contributed by atoms with Crippen molar-refractivity contribution >= 4 is 5.91 Å². The van der Waals surface area contributed by atoms with Crippen LogP contribution in [0.3, 0.4) is 0 Å². The van der Waals surface area contributed by atoms with Gasteiger partial charge in [-0.25, -0.2) is 0 Å². The first-order valence-corrected chi connectivity index (χ1v) is 9.89. The smallest absolute Gasteiger partial charge is 0.224 e. The number of nitrogens with zero attached hydrogens (tertiary/aromatic N) is 4. The first-order valence-electron chi connectivity index (χ1n) is 9.89. The summed E-state index contributed by atoms with van der Waals surface area (Å²) in [6, 6.07) is 0.644. The van der Waals surface area contributed by atoms with Gasteiger partial charge in [0.1, 0.15) is 12.2 Å². The van der Waals surface area contributed by atoms with Crippen molar-refractivity contribution in [2.24, 2.45) is 11.7 Å². The second-order valence-corrected chi connectivity index (χ2v) is 7.41. The Morgan fingerprint density at radius 1 is 1.31 bits per heavy atom. The Morgan fingerprint density at radius 3 is 2.88 bits per heavy atom. The maximum absolute atomic E-state index is 12.7. The van der Waals surface area contributed by atoms with E-state index in [2.05, 4.69) is 27.3 Å². The van der Waals surface area contributed by atoms with Crippen molar-refractivity contribution in [2.45, 2.75) is 57.7 Å². The Labute approximate surface area is 155 Å². The van der Waals surface area contributed by atoms with E-state index in [0.29, 0.717) is 19.0 Å². The molecule has 8 nitrogen and oxygen atoms in total. The fourth-order valence-corrected chi connectivity index (χ4v) is 4.00. The highest BCUT2D eigenvalue weighted by Crippen LogP contribution is 2.22. The SMILES string of the molecule is CCn1cnnc1CCNC(=O)[C@@H]1CC[C@H](N)CN(C2CCOCC2)C1. The van der Waals surface area contributed by atoms with Gasteiger partial charge in [-0.3, -0.25) is 9.69 Å². The number of hydrogen-bond donors (Lipinski definition) is 2. The molecule has 0 spiro atoms. The van der Waals surface area contributed by atoms with Crippen LogP contribution in [0.1, 0.15) is 38.4 Å². The van der Waals surface area contributed by atoms with Gasteiger partial charge >= 0.3 is 0 Å². The highest BCUT2D eigenvalue weighted by atomic mass is 16.5. The van der Waals surface area contributed by atoms with Gasteiger partial charge in [-0.15, -0.1) is 10.2 Å². The molecule has 8 heteroatoms. The van der Waals surface area contributed by atoms with Crippen LogP contribution in [0.2, 0.25) is 0 Å². The van der Waals surface area contributed by atoms with Crippen molar-refractivity contribution in [1.29, 1.82) is 0 Å². The quantitative estimate of drug-likeness (QED) is 0.747. The van der Waals surface area contributed by atoms with E-state index in [9.17, 15) is 4.79 Å². The molecule has 0 bridgehead atoms. The minimum atomic E-state index is 0.00967. The molecule has 2 fully saturated rings. The summed E-state index contributed by atoms with van der Waals surface area (Å²) in [5, 5.41) is 11.1. The number of nitrogens with one attached hydrogen (secondary N) is 1. The summed E-state index contributed by atoms with van der Waals surface area (Å²) in [5.41, 5.74) is 6.27. The van der Waals surface area contributed by atoms with Crippen molar-refractivity contribution in [3.05, 3.63) is 12.2 Å². The third-order valence-corrected chi connectivity index (χ3v) is 5.57. The highest BCUT2D eigenvalue weighted by Gasteiger charge is 2.31. The largest absolute Gasteiger partial charge is 0.381 e. The van der Waals surface area contributed by atoms with E-state index in [1.54, 1.807) is 6.33 Å². The molecule has 3 rings (SSSR count). The molecule has 2 aliphatic heterocycles. The molecule has 0 unspecified atom stereocenters. The van der Waals surface area contributed by atoms with E-state index in [-0.39, 0.29) is 17.9 Å². The van der Waals surface area contributed by atoms with Gasteiger partial charge in [-0.2, -0.15) is 0 Å². The predicted molar refractivity (Wildman–Crippen MR) is 98.5 cm³/mol. The lowest BCUT2D eigenvalue weighted by molar-refractivity contribution is -0.125. The average Bonchev–Trinajstić information content (AvgIpc) is 3.02. The lowest BCUT2D eigenvalue weighted by Gasteiger charge is -2.35. The summed E-state index contributed by atoms with van der Waals surface area (Å²) in [5.74, 6) is 1.06. The van der Waals surface area contributed by atoms with Gasteiger partial charge in [-0.1, -0.05) is 0 Å². The monoisotopic (exact) mass is 364 g/mol. The summed E-state index contributed by atoms with van der Waals surface area (Å²) in [6.45, 7) is 6.81. The van der Waals surface area contributed by atoms with E-state index in [1.807, 2.05) is 4.57 Å². The van der Waals surface area contributed by atoms with Gasteiger partial charge in [0.2, 0.25) is 5.91 Å². The lowest BCUT2D eigenvalue weighted by Crippen LogP contribution is -2.47. The van der Waals surface area contributed by atoms with Crippen molar-refractivity contribution in [1.82, 2.24) is 25.0 Å². The fraction of sp³-hybridized carbons (Fsp3) is 0.833. The highest BCUT2D eigenvalue weighted by molar-refractivity contribution is 5.78. The molecule has 0 saturated carbocycles. The van der Waals surface area contributed by atoms with Crippen LogP contribution in [0.15, 0.2) is 6.33 Å². The van der Waals surface area contributed by atoms with Gasteiger partial charge in [0.15, 0.2) is 0 Å². The molecule has 0 aliphatic carbocycles. The third-order valence-electron chi connectivity index (χ3n) is 5.57. The first-order chi connectivity index (χ1) is 12.7. The normalized spacial score (nSPS) is 25.8. The van der Waals surface area contributed by atoms with Crippen LogP contribution in [-0.2, 0) is 22.5 Å². The van der Waals surface area contributed by atoms with E-state index in [0.717, 1.165) is 64.4 Å². The number of likely N-dealkylation sites (tertiary alicyclic amines) is 1. The van der Waals surface area contributed by atoms with Crippen molar-refractivity contribution < 1.29 is 9.53 Å². The van der Waals surface area contributed by atoms with E-state index < -0.39 is 0 Å². The van der Waals surface area contributed by atoms with Gasteiger partial charge < -0.3 is 20.4 Å². The Balaban J connectivity index is 1.51. The molecule has 3 heterocycles. The summed E-state index contributed by atoms with van der Waals surface area (Å²) in [6.07, 6.45) is 6.27. The van der Waals surface area contributed by atoms with Crippen LogP contribution >= 0.6 is 0 Å². The lowest BCUT2D eigenvalue weighted by atomic mass is 10.0. The number of hydrogen-bond acceptors (Lipinski definition) is 6. The van der Waals surface area contributed by atoms with E-state index in [1.165, 1.54) is 0 Å². The van der Waals surface area contributed by atoms with Crippen molar-refractivity contribution in [3.63, 3.8) is 0 Å². The van der Waals surface area contributed by atoms with Crippen LogP contribution in [0.5, 0.6) is 0 Å². The molecule has 3 N–H and O–H groups in total. The van der Waals surface area contributed by atoms with Gasteiger partial charge in [0.05, 0.1) is 5.92 Å². The minimum absolute atomic E-state index is 0.00967. The second-order valence-electron chi connectivity index (χ2n) is 7.41. The Bertz CT molecular complexity index is 572. The molecular weight excluding hydrogens is 332 g/mol. The standard InChI is InChI=1S/C18H32N6O2/c1-2-23-13-21-22-17(23)5-8-20-18(25)14-3-4-15(19)12-24(11-14)16-6-9-26-10-7-16/h13-16H,2-12,19H2,1H3,(H,20,25)/t14-,15+/m1/s1. The summed E-state index contributed by atoms with van der Waals surface area (Å²) in [4.78, 5) is 15.2. The molecule has 1 amide bonds. The van der Waals surface area contributed by atoms with Gasteiger partial charge in [0, 0.05) is 57.9 Å². The number of amides is 1. The zero-order valence-corrected chi connectivity index (χ0v) is 15.8.